The molecule has 0 aromatic heterocycles. The molecule has 1 aromatic rings. The van der Waals surface area contributed by atoms with E-state index in [1.165, 1.54) is 11.8 Å². The number of carbonyl (C=O) groups is 1. The van der Waals surface area contributed by atoms with Gasteiger partial charge >= 0.3 is 0 Å². The van der Waals surface area contributed by atoms with Gasteiger partial charge in [0.05, 0.1) is 36.3 Å². The molecule has 0 bridgehead atoms. The van der Waals surface area contributed by atoms with Crippen molar-refractivity contribution in [1.29, 1.82) is 5.26 Å². The molecule has 0 spiro atoms. The fourth-order valence-electron chi connectivity index (χ4n) is 2.61. The van der Waals surface area contributed by atoms with Crippen LogP contribution in [0.3, 0.4) is 0 Å². The van der Waals surface area contributed by atoms with E-state index < -0.39 is 0 Å². The van der Waals surface area contributed by atoms with Gasteiger partial charge in [-0.05, 0) is 26.0 Å². The monoisotopic (exact) mass is 319 g/mol. The summed E-state index contributed by atoms with van der Waals surface area (Å²) in [5, 5.41) is 11.6. The fourth-order valence-corrected chi connectivity index (χ4v) is 3.28. The maximum atomic E-state index is 12.3. The summed E-state index contributed by atoms with van der Waals surface area (Å²) in [6, 6.07) is 9.66. The molecule has 5 nitrogen and oxygen atoms in total. The van der Waals surface area contributed by atoms with Gasteiger partial charge in [-0.2, -0.15) is 5.26 Å². The van der Waals surface area contributed by atoms with Gasteiger partial charge in [-0.3, -0.25) is 9.69 Å². The van der Waals surface area contributed by atoms with Crippen molar-refractivity contribution in [1.82, 2.24) is 4.90 Å². The number of nitriles is 1. The highest BCUT2D eigenvalue weighted by molar-refractivity contribution is 7.99. The van der Waals surface area contributed by atoms with Crippen LogP contribution in [0.4, 0.5) is 5.69 Å². The molecule has 6 heteroatoms. The summed E-state index contributed by atoms with van der Waals surface area (Å²) >= 11 is 1.43. The number of hydrogen-bond donors (Lipinski definition) is 1. The highest BCUT2D eigenvalue weighted by Crippen LogP contribution is 2.26. The van der Waals surface area contributed by atoms with Crippen molar-refractivity contribution in [2.24, 2.45) is 0 Å². The van der Waals surface area contributed by atoms with Crippen LogP contribution in [-0.4, -0.2) is 48.4 Å². The van der Waals surface area contributed by atoms with E-state index in [2.05, 4.69) is 16.3 Å². The molecule has 1 heterocycles. The lowest BCUT2D eigenvalue weighted by atomic mass is 10.2. The second kappa shape index (κ2) is 8.18. The average molecular weight is 319 g/mol. The maximum absolute atomic E-state index is 12.3. The normalized spacial score (nSPS) is 22.0. The lowest BCUT2D eigenvalue weighted by Gasteiger charge is -2.34. The number of carbonyl (C=O) groups excluding carboxylic acids is 1. The van der Waals surface area contributed by atoms with E-state index in [-0.39, 0.29) is 18.1 Å². The smallest absolute Gasteiger partial charge is 0.238 e. The van der Waals surface area contributed by atoms with E-state index in [0.29, 0.717) is 12.3 Å². The van der Waals surface area contributed by atoms with E-state index in [9.17, 15) is 4.79 Å². The predicted molar refractivity (Wildman–Crippen MR) is 87.9 cm³/mol. The van der Waals surface area contributed by atoms with Gasteiger partial charge in [0.1, 0.15) is 0 Å². The Hall–Kier alpha value is -1.55. The number of rotatable bonds is 5. The molecule has 1 aliphatic rings. The number of para-hydroxylation sites is 1. The number of hydrogen-bond acceptors (Lipinski definition) is 5. The van der Waals surface area contributed by atoms with Gasteiger partial charge in [0, 0.05) is 18.0 Å². The molecule has 1 aliphatic heterocycles. The molecule has 1 aromatic carbocycles. The Balaban J connectivity index is 1.93. The molecular formula is C16H21N3O2S. The summed E-state index contributed by atoms with van der Waals surface area (Å²) in [5.41, 5.74) is 0.766. The van der Waals surface area contributed by atoms with Crippen LogP contribution >= 0.6 is 11.8 Å². The average Bonchev–Trinajstić information content (AvgIpc) is 2.45. The van der Waals surface area contributed by atoms with Crippen LogP contribution < -0.4 is 5.32 Å². The standard InChI is InChI=1S/C16H21N3O2S/c1-12-9-19(10-13(2)21-12)11-16(20)18-14-5-3-4-6-15(14)22-8-7-17/h3-6,12-13H,8-11H2,1-2H3,(H,18,20). The molecule has 1 N–H and O–H groups in total. The number of amides is 1. The number of benzene rings is 1. The Bertz CT molecular complexity index is 549. The second-order valence-corrected chi connectivity index (χ2v) is 6.46. The van der Waals surface area contributed by atoms with Gasteiger partial charge in [-0.25, -0.2) is 0 Å². The number of morpholine rings is 1. The van der Waals surface area contributed by atoms with Crippen LogP contribution in [-0.2, 0) is 9.53 Å². The van der Waals surface area contributed by atoms with Crippen LogP contribution in [0, 0.1) is 11.3 Å². The Labute approximate surface area is 135 Å². The zero-order valence-corrected chi connectivity index (χ0v) is 13.7. The second-order valence-electron chi connectivity index (χ2n) is 5.44. The number of nitrogens with one attached hydrogen (secondary N) is 1. The third-order valence-electron chi connectivity index (χ3n) is 3.32. The minimum absolute atomic E-state index is 0.0358. The van der Waals surface area contributed by atoms with Gasteiger partial charge in [-0.1, -0.05) is 12.1 Å². The van der Waals surface area contributed by atoms with Crippen LogP contribution in [0.25, 0.3) is 0 Å². The molecular weight excluding hydrogens is 298 g/mol. The molecule has 1 fully saturated rings. The first-order valence-electron chi connectivity index (χ1n) is 7.35. The van der Waals surface area contributed by atoms with Crippen molar-refractivity contribution in [2.45, 2.75) is 31.0 Å². The first-order valence-corrected chi connectivity index (χ1v) is 8.33. The zero-order valence-electron chi connectivity index (χ0n) is 12.9. The Kier molecular flexibility index (Phi) is 6.25. The van der Waals surface area contributed by atoms with Crippen LogP contribution in [0.1, 0.15) is 13.8 Å². The summed E-state index contributed by atoms with van der Waals surface area (Å²) in [6.07, 6.45) is 0.296. The number of anilines is 1. The van der Waals surface area contributed by atoms with Gasteiger partial charge in [0.25, 0.3) is 0 Å². The Morgan fingerprint density at radius 2 is 2.09 bits per heavy atom. The van der Waals surface area contributed by atoms with E-state index in [1.807, 2.05) is 38.1 Å². The third-order valence-corrected chi connectivity index (χ3v) is 4.26. The van der Waals surface area contributed by atoms with Crippen molar-refractivity contribution >= 4 is 23.4 Å². The van der Waals surface area contributed by atoms with Crippen molar-refractivity contribution in [2.75, 3.05) is 30.7 Å². The van der Waals surface area contributed by atoms with E-state index in [4.69, 9.17) is 10.00 Å². The molecule has 22 heavy (non-hydrogen) atoms. The van der Waals surface area contributed by atoms with Crippen molar-refractivity contribution in [3.63, 3.8) is 0 Å². The van der Waals surface area contributed by atoms with Crippen LogP contribution in [0.15, 0.2) is 29.2 Å². The number of ether oxygens (including phenoxy) is 1. The highest BCUT2D eigenvalue weighted by atomic mass is 32.2. The lowest BCUT2D eigenvalue weighted by Crippen LogP contribution is -2.48. The largest absolute Gasteiger partial charge is 0.373 e. The first kappa shape index (κ1) is 16.8. The maximum Gasteiger partial charge on any atom is 0.238 e. The summed E-state index contributed by atoms with van der Waals surface area (Å²) in [6.45, 7) is 5.93. The highest BCUT2D eigenvalue weighted by Gasteiger charge is 2.23. The predicted octanol–water partition coefficient (Wildman–Crippen LogP) is 2.35. The van der Waals surface area contributed by atoms with Gasteiger partial charge < -0.3 is 10.1 Å². The van der Waals surface area contributed by atoms with E-state index in [0.717, 1.165) is 23.7 Å². The third kappa shape index (κ3) is 5.02. The van der Waals surface area contributed by atoms with Crippen molar-refractivity contribution < 1.29 is 9.53 Å². The molecule has 118 valence electrons. The molecule has 0 aliphatic carbocycles. The molecule has 2 atom stereocenters. The number of nitrogens with zero attached hydrogens (tertiary/aromatic N) is 2. The molecule has 1 saturated heterocycles. The Morgan fingerprint density at radius 1 is 1.41 bits per heavy atom. The minimum atomic E-state index is -0.0358. The molecule has 1 amide bonds. The summed E-state index contributed by atoms with van der Waals surface area (Å²) in [5.74, 6) is 0.331. The Morgan fingerprint density at radius 3 is 2.77 bits per heavy atom. The minimum Gasteiger partial charge on any atom is -0.373 e. The fraction of sp³-hybridized carbons (Fsp3) is 0.500. The van der Waals surface area contributed by atoms with E-state index in [1.54, 1.807) is 0 Å². The SMILES string of the molecule is CC1CN(CC(=O)Nc2ccccc2SCC#N)CC(C)O1. The van der Waals surface area contributed by atoms with Crippen molar-refractivity contribution in [3.05, 3.63) is 24.3 Å². The van der Waals surface area contributed by atoms with Gasteiger partial charge in [-0.15, -0.1) is 11.8 Å². The summed E-state index contributed by atoms with van der Waals surface area (Å²) in [7, 11) is 0. The summed E-state index contributed by atoms with van der Waals surface area (Å²) in [4.78, 5) is 15.3. The molecule has 2 rings (SSSR count). The topological polar surface area (TPSA) is 65.4 Å². The van der Waals surface area contributed by atoms with Gasteiger partial charge in [0.2, 0.25) is 5.91 Å². The summed E-state index contributed by atoms with van der Waals surface area (Å²) < 4.78 is 5.67. The van der Waals surface area contributed by atoms with Crippen molar-refractivity contribution in [3.8, 4) is 6.07 Å². The number of thioether (sulfide) groups is 1. The molecule has 2 unspecified atom stereocenters. The van der Waals surface area contributed by atoms with Crippen LogP contribution in [0.5, 0.6) is 0 Å². The lowest BCUT2D eigenvalue weighted by molar-refractivity contribution is -0.121. The zero-order chi connectivity index (χ0) is 15.9. The quantitative estimate of drug-likeness (QED) is 0.844. The molecule has 0 saturated carbocycles. The first-order chi connectivity index (χ1) is 10.6. The van der Waals surface area contributed by atoms with Gasteiger partial charge in [0.15, 0.2) is 0 Å². The molecule has 0 radical (unpaired) electrons. The van der Waals surface area contributed by atoms with Crippen LogP contribution in [0.2, 0.25) is 0 Å². The van der Waals surface area contributed by atoms with E-state index >= 15 is 0 Å².